The molecule has 0 aliphatic carbocycles. The van der Waals surface area contributed by atoms with Crippen LogP contribution >= 0.6 is 0 Å². The lowest BCUT2D eigenvalue weighted by atomic mass is 10.1. The summed E-state index contributed by atoms with van der Waals surface area (Å²) in [5.41, 5.74) is 2.20. The van der Waals surface area contributed by atoms with E-state index in [2.05, 4.69) is 15.5 Å². The Kier molecular flexibility index (Phi) is 3.88. The molecule has 0 unspecified atom stereocenters. The van der Waals surface area contributed by atoms with Gasteiger partial charge in [-0.1, -0.05) is 29.4 Å². The van der Waals surface area contributed by atoms with Crippen LogP contribution in [-0.2, 0) is 6.42 Å². The first-order valence-corrected chi connectivity index (χ1v) is 5.84. The molecule has 0 fully saturated rings. The number of nitrogens with one attached hydrogen (secondary N) is 1. The molecule has 0 aliphatic rings. The van der Waals surface area contributed by atoms with Gasteiger partial charge in [-0.2, -0.15) is 4.98 Å². The monoisotopic (exact) mass is 231 g/mol. The van der Waals surface area contributed by atoms with Crippen molar-refractivity contribution in [1.82, 2.24) is 15.5 Å². The van der Waals surface area contributed by atoms with Crippen LogP contribution in [0.2, 0.25) is 0 Å². The molecule has 90 valence electrons. The van der Waals surface area contributed by atoms with E-state index >= 15 is 0 Å². The number of benzene rings is 1. The van der Waals surface area contributed by atoms with E-state index in [-0.39, 0.29) is 0 Å². The van der Waals surface area contributed by atoms with Gasteiger partial charge in [-0.15, -0.1) is 0 Å². The van der Waals surface area contributed by atoms with E-state index < -0.39 is 0 Å². The predicted molar refractivity (Wildman–Crippen MR) is 66.7 cm³/mol. The standard InChI is InChI=1S/C13H17N3O/c1-10-6-3-4-7-11(10)13-15-12(17-16-13)8-5-9-14-2/h3-4,6-7,14H,5,8-9H2,1-2H3. The second kappa shape index (κ2) is 5.59. The zero-order valence-corrected chi connectivity index (χ0v) is 10.2. The number of nitrogens with zero attached hydrogens (tertiary/aromatic N) is 2. The van der Waals surface area contributed by atoms with Crippen molar-refractivity contribution in [3.8, 4) is 11.4 Å². The third kappa shape index (κ3) is 2.91. The van der Waals surface area contributed by atoms with Crippen LogP contribution in [0.5, 0.6) is 0 Å². The summed E-state index contributed by atoms with van der Waals surface area (Å²) < 4.78 is 5.23. The average Bonchev–Trinajstić information content (AvgIpc) is 2.79. The van der Waals surface area contributed by atoms with Crippen molar-refractivity contribution in [2.75, 3.05) is 13.6 Å². The molecule has 2 aromatic rings. The van der Waals surface area contributed by atoms with Crippen molar-refractivity contribution in [3.05, 3.63) is 35.7 Å². The topological polar surface area (TPSA) is 51.0 Å². The molecule has 1 N–H and O–H groups in total. The fourth-order valence-corrected chi connectivity index (χ4v) is 1.71. The zero-order chi connectivity index (χ0) is 12.1. The Morgan fingerprint density at radius 1 is 1.29 bits per heavy atom. The molecule has 0 atom stereocenters. The van der Waals surface area contributed by atoms with E-state index in [1.807, 2.05) is 38.2 Å². The first kappa shape index (κ1) is 11.8. The molecule has 1 aromatic heterocycles. The smallest absolute Gasteiger partial charge is 0.227 e. The van der Waals surface area contributed by atoms with Crippen LogP contribution in [0.25, 0.3) is 11.4 Å². The van der Waals surface area contributed by atoms with Gasteiger partial charge in [0.25, 0.3) is 0 Å². The Morgan fingerprint density at radius 2 is 2.12 bits per heavy atom. The van der Waals surface area contributed by atoms with Crippen LogP contribution in [0.3, 0.4) is 0 Å². The maximum Gasteiger partial charge on any atom is 0.227 e. The quantitative estimate of drug-likeness (QED) is 0.801. The van der Waals surface area contributed by atoms with Crippen LogP contribution in [0.1, 0.15) is 17.9 Å². The molecular formula is C13H17N3O. The van der Waals surface area contributed by atoms with Gasteiger partial charge >= 0.3 is 0 Å². The summed E-state index contributed by atoms with van der Waals surface area (Å²) in [6, 6.07) is 8.05. The van der Waals surface area contributed by atoms with Gasteiger partial charge < -0.3 is 9.84 Å². The second-order valence-corrected chi connectivity index (χ2v) is 4.03. The Morgan fingerprint density at radius 3 is 2.88 bits per heavy atom. The van der Waals surface area contributed by atoms with Crippen molar-refractivity contribution in [3.63, 3.8) is 0 Å². The molecule has 0 aliphatic heterocycles. The van der Waals surface area contributed by atoms with Crippen molar-refractivity contribution in [1.29, 1.82) is 0 Å². The molecule has 0 radical (unpaired) electrons. The molecule has 1 heterocycles. The molecule has 0 bridgehead atoms. The highest BCUT2D eigenvalue weighted by molar-refractivity contribution is 5.58. The third-order valence-electron chi connectivity index (χ3n) is 2.67. The summed E-state index contributed by atoms with van der Waals surface area (Å²) in [5.74, 6) is 1.39. The summed E-state index contributed by atoms with van der Waals surface area (Å²) >= 11 is 0. The first-order valence-electron chi connectivity index (χ1n) is 5.84. The van der Waals surface area contributed by atoms with E-state index in [9.17, 15) is 0 Å². The van der Waals surface area contributed by atoms with Gasteiger partial charge in [0.05, 0.1) is 0 Å². The Hall–Kier alpha value is -1.68. The van der Waals surface area contributed by atoms with Crippen molar-refractivity contribution >= 4 is 0 Å². The predicted octanol–water partition coefficient (Wildman–Crippen LogP) is 2.20. The summed E-state index contributed by atoms with van der Waals surface area (Å²) in [6.45, 7) is 3.01. The number of aromatic nitrogens is 2. The molecule has 4 heteroatoms. The molecular weight excluding hydrogens is 214 g/mol. The lowest BCUT2D eigenvalue weighted by Gasteiger charge is -1.98. The van der Waals surface area contributed by atoms with Gasteiger partial charge in [0.2, 0.25) is 11.7 Å². The van der Waals surface area contributed by atoms with E-state index in [1.165, 1.54) is 0 Å². The molecule has 0 saturated carbocycles. The zero-order valence-electron chi connectivity index (χ0n) is 10.2. The summed E-state index contributed by atoms with van der Waals surface area (Å²) in [5, 5.41) is 7.12. The number of hydrogen-bond donors (Lipinski definition) is 1. The van der Waals surface area contributed by atoms with Crippen molar-refractivity contribution < 1.29 is 4.52 Å². The molecule has 17 heavy (non-hydrogen) atoms. The van der Waals surface area contributed by atoms with Gasteiger partial charge in [-0.05, 0) is 32.5 Å². The van der Waals surface area contributed by atoms with E-state index in [0.29, 0.717) is 11.7 Å². The first-order chi connectivity index (χ1) is 8.31. The minimum atomic E-state index is 0.683. The number of hydrogen-bond acceptors (Lipinski definition) is 4. The third-order valence-corrected chi connectivity index (χ3v) is 2.67. The van der Waals surface area contributed by atoms with Gasteiger partial charge in [-0.25, -0.2) is 0 Å². The summed E-state index contributed by atoms with van der Waals surface area (Å²) in [7, 11) is 1.94. The van der Waals surface area contributed by atoms with Gasteiger partial charge in [0.1, 0.15) is 0 Å². The van der Waals surface area contributed by atoms with Crippen molar-refractivity contribution in [2.24, 2.45) is 0 Å². The molecule has 0 saturated heterocycles. The Bertz CT molecular complexity index is 479. The minimum Gasteiger partial charge on any atom is -0.339 e. The Labute approximate surface area is 101 Å². The highest BCUT2D eigenvalue weighted by Crippen LogP contribution is 2.19. The normalized spacial score (nSPS) is 10.7. The lowest BCUT2D eigenvalue weighted by molar-refractivity contribution is 0.375. The second-order valence-electron chi connectivity index (χ2n) is 4.03. The van der Waals surface area contributed by atoms with Crippen LogP contribution in [0.4, 0.5) is 0 Å². The average molecular weight is 231 g/mol. The highest BCUT2D eigenvalue weighted by atomic mass is 16.5. The molecule has 0 spiro atoms. The van der Waals surface area contributed by atoms with Gasteiger partial charge in [-0.3, -0.25) is 0 Å². The van der Waals surface area contributed by atoms with E-state index in [4.69, 9.17) is 4.52 Å². The highest BCUT2D eigenvalue weighted by Gasteiger charge is 2.09. The van der Waals surface area contributed by atoms with Gasteiger partial charge in [0.15, 0.2) is 0 Å². The summed E-state index contributed by atoms with van der Waals surface area (Å²) in [4.78, 5) is 4.41. The molecule has 4 nitrogen and oxygen atoms in total. The van der Waals surface area contributed by atoms with Gasteiger partial charge in [0, 0.05) is 12.0 Å². The fourth-order valence-electron chi connectivity index (χ4n) is 1.71. The molecule has 1 aromatic carbocycles. The van der Waals surface area contributed by atoms with E-state index in [0.717, 1.165) is 30.5 Å². The van der Waals surface area contributed by atoms with Crippen LogP contribution in [0, 0.1) is 6.92 Å². The summed E-state index contributed by atoms with van der Waals surface area (Å²) in [6.07, 6.45) is 1.83. The minimum absolute atomic E-state index is 0.683. The lowest BCUT2D eigenvalue weighted by Crippen LogP contribution is -2.08. The largest absolute Gasteiger partial charge is 0.339 e. The van der Waals surface area contributed by atoms with Crippen molar-refractivity contribution in [2.45, 2.75) is 19.8 Å². The molecule has 2 rings (SSSR count). The SMILES string of the molecule is CNCCCc1nc(-c2ccccc2C)no1. The Balaban J connectivity index is 2.10. The number of rotatable bonds is 5. The van der Waals surface area contributed by atoms with Crippen LogP contribution in [0.15, 0.2) is 28.8 Å². The van der Waals surface area contributed by atoms with Crippen LogP contribution in [-0.4, -0.2) is 23.7 Å². The number of aryl methyl sites for hydroxylation is 2. The maximum atomic E-state index is 5.23. The fraction of sp³-hybridized carbons (Fsp3) is 0.385. The van der Waals surface area contributed by atoms with E-state index in [1.54, 1.807) is 0 Å². The van der Waals surface area contributed by atoms with Crippen LogP contribution < -0.4 is 5.32 Å². The maximum absolute atomic E-state index is 5.23. The molecule has 0 amide bonds.